The Bertz CT molecular complexity index is 482. The van der Waals surface area contributed by atoms with E-state index in [1.54, 1.807) is 0 Å². The molecule has 2 rings (SSSR count). The van der Waals surface area contributed by atoms with E-state index < -0.39 is 6.10 Å². The predicted molar refractivity (Wildman–Crippen MR) is 85.6 cm³/mol. The molecule has 116 valence electrons. The molecule has 1 aromatic carbocycles. The van der Waals surface area contributed by atoms with E-state index in [1.165, 1.54) is 24.0 Å². The van der Waals surface area contributed by atoms with Gasteiger partial charge in [-0.3, -0.25) is 4.79 Å². The van der Waals surface area contributed by atoms with Gasteiger partial charge in [0.05, 0.1) is 0 Å². The molecule has 1 N–H and O–H groups in total. The topological polar surface area (TPSA) is 38.3 Å². The zero-order valence-corrected chi connectivity index (χ0v) is 13.4. The van der Waals surface area contributed by atoms with Gasteiger partial charge in [-0.25, -0.2) is 0 Å². The second kappa shape index (κ2) is 7.48. The van der Waals surface area contributed by atoms with Crippen molar-refractivity contribution in [3.8, 4) is 5.75 Å². The third-order valence-corrected chi connectivity index (χ3v) is 4.05. The summed E-state index contributed by atoms with van der Waals surface area (Å²) >= 11 is 0. The maximum atomic E-state index is 12.1. The quantitative estimate of drug-likeness (QED) is 0.870. The number of nitrogens with one attached hydrogen (secondary N) is 1. The molecule has 1 aliphatic rings. The van der Waals surface area contributed by atoms with Crippen LogP contribution in [0.2, 0.25) is 0 Å². The van der Waals surface area contributed by atoms with Crippen molar-refractivity contribution in [2.24, 2.45) is 5.92 Å². The van der Waals surface area contributed by atoms with Crippen LogP contribution in [0.25, 0.3) is 0 Å². The molecule has 3 heteroatoms. The predicted octanol–water partition coefficient (Wildman–Crippen LogP) is 3.50. The van der Waals surface area contributed by atoms with Gasteiger partial charge in [0, 0.05) is 6.54 Å². The number of ether oxygens (including phenoxy) is 1. The summed E-state index contributed by atoms with van der Waals surface area (Å²) in [6, 6.07) is 6.19. The lowest BCUT2D eigenvalue weighted by molar-refractivity contribution is -0.127. The smallest absolute Gasteiger partial charge is 0.260 e. The van der Waals surface area contributed by atoms with Crippen LogP contribution in [0.1, 0.15) is 51.2 Å². The van der Waals surface area contributed by atoms with Gasteiger partial charge >= 0.3 is 0 Å². The standard InChI is InChI=1S/C18H27NO2/c1-13(2)11-12-19-18(20)14(3)21-17-10-6-8-15-7-4-5-9-16(15)17/h6,8,10,13-14H,4-5,7,9,11-12H2,1-3H3,(H,19,20)/t14-/m0/s1. The number of carbonyl (C=O) groups excluding carboxylic acids is 1. The average molecular weight is 289 g/mol. The van der Waals surface area contributed by atoms with Crippen molar-refractivity contribution >= 4 is 5.91 Å². The first-order chi connectivity index (χ1) is 10.1. The zero-order chi connectivity index (χ0) is 15.2. The van der Waals surface area contributed by atoms with Crippen molar-refractivity contribution < 1.29 is 9.53 Å². The summed E-state index contributed by atoms with van der Waals surface area (Å²) in [7, 11) is 0. The molecule has 0 saturated carbocycles. The normalized spacial score (nSPS) is 15.4. The lowest BCUT2D eigenvalue weighted by Gasteiger charge is -2.22. The third-order valence-electron chi connectivity index (χ3n) is 4.05. The van der Waals surface area contributed by atoms with Crippen molar-refractivity contribution in [1.29, 1.82) is 0 Å². The number of rotatable bonds is 6. The fourth-order valence-corrected chi connectivity index (χ4v) is 2.73. The SMILES string of the molecule is CC(C)CCNC(=O)[C@H](C)Oc1cccc2c1CCCC2. The Morgan fingerprint density at radius 1 is 1.24 bits per heavy atom. The van der Waals surface area contributed by atoms with Gasteiger partial charge < -0.3 is 10.1 Å². The Hall–Kier alpha value is -1.51. The van der Waals surface area contributed by atoms with Crippen LogP contribution >= 0.6 is 0 Å². The second-order valence-electron chi connectivity index (χ2n) is 6.33. The monoisotopic (exact) mass is 289 g/mol. The first-order valence-electron chi connectivity index (χ1n) is 8.13. The summed E-state index contributed by atoms with van der Waals surface area (Å²) in [5.74, 6) is 1.46. The van der Waals surface area contributed by atoms with Gasteiger partial charge in [0.25, 0.3) is 5.91 Å². The number of amides is 1. The van der Waals surface area contributed by atoms with Crippen molar-refractivity contribution in [2.75, 3.05) is 6.54 Å². The lowest BCUT2D eigenvalue weighted by atomic mass is 9.91. The minimum absolute atomic E-state index is 0.0240. The van der Waals surface area contributed by atoms with Gasteiger partial charge in [-0.05, 0) is 62.1 Å². The fourth-order valence-electron chi connectivity index (χ4n) is 2.73. The fraction of sp³-hybridized carbons (Fsp3) is 0.611. The van der Waals surface area contributed by atoms with Crippen LogP contribution in [-0.4, -0.2) is 18.6 Å². The molecule has 1 aliphatic carbocycles. The highest BCUT2D eigenvalue weighted by Gasteiger charge is 2.19. The number of benzene rings is 1. The van der Waals surface area contributed by atoms with E-state index in [9.17, 15) is 4.79 Å². The second-order valence-corrected chi connectivity index (χ2v) is 6.33. The van der Waals surface area contributed by atoms with Crippen molar-refractivity contribution in [3.63, 3.8) is 0 Å². The van der Waals surface area contributed by atoms with E-state index in [0.29, 0.717) is 5.92 Å². The molecule has 1 amide bonds. The molecule has 0 bridgehead atoms. The minimum Gasteiger partial charge on any atom is -0.481 e. The van der Waals surface area contributed by atoms with E-state index in [0.717, 1.165) is 31.6 Å². The molecular weight excluding hydrogens is 262 g/mol. The Morgan fingerprint density at radius 3 is 2.76 bits per heavy atom. The van der Waals surface area contributed by atoms with Gasteiger partial charge in [-0.2, -0.15) is 0 Å². The molecule has 0 saturated heterocycles. The van der Waals surface area contributed by atoms with Crippen LogP contribution < -0.4 is 10.1 Å². The number of hydrogen-bond acceptors (Lipinski definition) is 2. The maximum absolute atomic E-state index is 12.1. The minimum atomic E-state index is -0.439. The van der Waals surface area contributed by atoms with Gasteiger partial charge in [0.1, 0.15) is 5.75 Å². The van der Waals surface area contributed by atoms with Crippen molar-refractivity contribution in [3.05, 3.63) is 29.3 Å². The molecule has 0 spiro atoms. The molecule has 0 radical (unpaired) electrons. The zero-order valence-electron chi connectivity index (χ0n) is 13.4. The Labute approximate surface area is 128 Å². The van der Waals surface area contributed by atoms with Crippen LogP contribution in [0, 0.1) is 5.92 Å². The Morgan fingerprint density at radius 2 is 2.00 bits per heavy atom. The van der Waals surface area contributed by atoms with Crippen LogP contribution in [0.15, 0.2) is 18.2 Å². The lowest BCUT2D eigenvalue weighted by Crippen LogP contribution is -2.37. The van der Waals surface area contributed by atoms with Crippen LogP contribution in [0.5, 0.6) is 5.75 Å². The van der Waals surface area contributed by atoms with E-state index in [2.05, 4.69) is 25.2 Å². The molecule has 0 aliphatic heterocycles. The van der Waals surface area contributed by atoms with E-state index in [-0.39, 0.29) is 5.91 Å². The number of fused-ring (bicyclic) bond motifs is 1. The summed E-state index contributed by atoms with van der Waals surface area (Å²) in [6.07, 6.45) is 5.21. The first kappa shape index (κ1) is 15.9. The van der Waals surface area contributed by atoms with Crippen molar-refractivity contribution in [2.45, 2.75) is 59.0 Å². The molecule has 0 aromatic heterocycles. The molecular formula is C18H27NO2. The van der Waals surface area contributed by atoms with Gasteiger partial charge in [0.2, 0.25) is 0 Å². The van der Waals surface area contributed by atoms with E-state index in [4.69, 9.17) is 4.74 Å². The first-order valence-corrected chi connectivity index (χ1v) is 8.13. The number of carbonyl (C=O) groups is 1. The van der Waals surface area contributed by atoms with Gasteiger partial charge in [-0.1, -0.05) is 26.0 Å². The summed E-state index contributed by atoms with van der Waals surface area (Å²) in [6.45, 7) is 6.86. The van der Waals surface area contributed by atoms with E-state index >= 15 is 0 Å². The van der Waals surface area contributed by atoms with Crippen molar-refractivity contribution in [1.82, 2.24) is 5.32 Å². The molecule has 1 aromatic rings. The molecule has 21 heavy (non-hydrogen) atoms. The summed E-state index contributed by atoms with van der Waals surface area (Å²) in [5, 5.41) is 2.95. The highest BCUT2D eigenvalue weighted by atomic mass is 16.5. The maximum Gasteiger partial charge on any atom is 0.260 e. The van der Waals surface area contributed by atoms with E-state index in [1.807, 2.05) is 19.1 Å². The molecule has 0 heterocycles. The number of hydrogen-bond donors (Lipinski definition) is 1. The third kappa shape index (κ3) is 4.48. The molecule has 3 nitrogen and oxygen atoms in total. The summed E-state index contributed by atoms with van der Waals surface area (Å²) in [5.41, 5.74) is 2.68. The number of aryl methyl sites for hydroxylation is 1. The van der Waals surface area contributed by atoms with Gasteiger partial charge in [-0.15, -0.1) is 0 Å². The highest BCUT2D eigenvalue weighted by Crippen LogP contribution is 2.30. The Kier molecular flexibility index (Phi) is 5.66. The van der Waals surface area contributed by atoms with Crippen LogP contribution in [-0.2, 0) is 17.6 Å². The summed E-state index contributed by atoms with van der Waals surface area (Å²) < 4.78 is 5.92. The highest BCUT2D eigenvalue weighted by molar-refractivity contribution is 5.80. The van der Waals surface area contributed by atoms with Gasteiger partial charge in [0.15, 0.2) is 6.10 Å². The Balaban J connectivity index is 1.93. The molecule has 0 unspecified atom stereocenters. The largest absolute Gasteiger partial charge is 0.481 e. The average Bonchev–Trinajstić information content (AvgIpc) is 2.47. The molecule has 1 atom stereocenters. The van der Waals surface area contributed by atoms with Crippen LogP contribution in [0.4, 0.5) is 0 Å². The summed E-state index contributed by atoms with van der Waals surface area (Å²) in [4.78, 5) is 12.1. The van der Waals surface area contributed by atoms with Crippen LogP contribution in [0.3, 0.4) is 0 Å². The molecule has 0 fully saturated rings.